The summed E-state index contributed by atoms with van der Waals surface area (Å²) in [6, 6.07) is 14.4. The molecule has 1 heterocycles. The van der Waals surface area contributed by atoms with Gasteiger partial charge in [0, 0.05) is 13.1 Å². The zero-order valence-corrected chi connectivity index (χ0v) is 18.0. The predicted octanol–water partition coefficient (Wildman–Crippen LogP) is 4.76. The molecule has 2 aromatic rings. The number of piperidine rings is 1. The van der Waals surface area contributed by atoms with E-state index in [-0.39, 0.29) is 5.91 Å². The van der Waals surface area contributed by atoms with Crippen molar-refractivity contribution in [3.63, 3.8) is 0 Å². The first-order chi connectivity index (χ1) is 14.1. The summed E-state index contributed by atoms with van der Waals surface area (Å²) in [4.78, 5) is 15.3. The summed E-state index contributed by atoms with van der Waals surface area (Å²) in [7, 11) is 0. The summed E-state index contributed by atoms with van der Waals surface area (Å²) >= 11 is 0. The van der Waals surface area contributed by atoms with Gasteiger partial charge in [0.05, 0.1) is 0 Å². The highest BCUT2D eigenvalue weighted by atomic mass is 16.5. The fraction of sp³-hybridized carbons (Fsp3) is 0.480. The van der Waals surface area contributed by atoms with E-state index in [0.717, 1.165) is 17.9 Å². The lowest BCUT2D eigenvalue weighted by molar-refractivity contribution is -0.128. The molecule has 0 aromatic heterocycles. The van der Waals surface area contributed by atoms with E-state index in [1.165, 1.54) is 49.0 Å². The lowest BCUT2D eigenvalue weighted by Gasteiger charge is -2.27. The maximum atomic E-state index is 12.8. The van der Waals surface area contributed by atoms with Crippen LogP contribution in [0.5, 0.6) is 5.75 Å². The maximum absolute atomic E-state index is 12.8. The fourth-order valence-corrected chi connectivity index (χ4v) is 3.87. The average Bonchev–Trinajstić information content (AvgIpc) is 2.74. The Morgan fingerprint density at radius 2 is 1.76 bits per heavy atom. The molecule has 2 aromatic carbocycles. The van der Waals surface area contributed by atoms with E-state index in [9.17, 15) is 4.79 Å². The number of hydrogen-bond donors (Lipinski definition) is 1. The third-order valence-electron chi connectivity index (χ3n) is 5.90. The number of benzene rings is 2. The van der Waals surface area contributed by atoms with Gasteiger partial charge >= 0.3 is 0 Å². The van der Waals surface area contributed by atoms with Crippen LogP contribution < -0.4 is 10.1 Å². The van der Waals surface area contributed by atoms with E-state index < -0.39 is 6.10 Å². The molecule has 1 aliphatic rings. The third-order valence-corrected chi connectivity index (χ3v) is 5.90. The van der Waals surface area contributed by atoms with Crippen LogP contribution in [0.3, 0.4) is 0 Å². The molecule has 0 bridgehead atoms. The van der Waals surface area contributed by atoms with E-state index in [1.54, 1.807) is 0 Å². The Bertz CT molecular complexity index is 812. The van der Waals surface area contributed by atoms with E-state index in [0.29, 0.717) is 13.0 Å². The van der Waals surface area contributed by atoms with Crippen molar-refractivity contribution in [2.75, 3.05) is 13.1 Å². The topological polar surface area (TPSA) is 41.6 Å². The number of nitrogens with one attached hydrogen (secondary N) is 1. The Balaban J connectivity index is 1.61. The lowest BCUT2D eigenvalue weighted by Crippen LogP contribution is -2.38. The number of nitrogens with zero attached hydrogens (tertiary/aromatic N) is 1. The van der Waals surface area contributed by atoms with Gasteiger partial charge in [-0.15, -0.1) is 0 Å². The first kappa shape index (κ1) is 21.4. The molecule has 0 saturated carbocycles. The number of amides is 1. The van der Waals surface area contributed by atoms with Crippen LogP contribution in [0.25, 0.3) is 0 Å². The Kier molecular flexibility index (Phi) is 7.70. The van der Waals surface area contributed by atoms with E-state index in [4.69, 9.17) is 4.74 Å². The molecule has 0 unspecified atom stereocenters. The van der Waals surface area contributed by atoms with Gasteiger partial charge in [0.15, 0.2) is 6.10 Å². The number of likely N-dealkylation sites (tertiary alicyclic amines) is 1. The molecule has 1 atom stereocenters. The van der Waals surface area contributed by atoms with Crippen LogP contribution in [0.2, 0.25) is 0 Å². The van der Waals surface area contributed by atoms with Gasteiger partial charge in [-0.05, 0) is 74.5 Å². The van der Waals surface area contributed by atoms with Gasteiger partial charge < -0.3 is 10.1 Å². The van der Waals surface area contributed by atoms with Crippen molar-refractivity contribution in [1.82, 2.24) is 10.2 Å². The second-order valence-corrected chi connectivity index (χ2v) is 8.04. The first-order valence-electron chi connectivity index (χ1n) is 10.9. The van der Waals surface area contributed by atoms with Gasteiger partial charge in [-0.3, -0.25) is 9.69 Å². The smallest absolute Gasteiger partial charge is 0.261 e. The minimum absolute atomic E-state index is 0.0545. The van der Waals surface area contributed by atoms with Gasteiger partial charge in [-0.25, -0.2) is 0 Å². The van der Waals surface area contributed by atoms with Crippen LogP contribution >= 0.6 is 0 Å². The summed E-state index contributed by atoms with van der Waals surface area (Å²) < 4.78 is 6.06. The molecule has 0 aliphatic carbocycles. The highest BCUT2D eigenvalue weighted by Gasteiger charge is 2.20. The normalized spacial score (nSPS) is 15.7. The number of ether oxygens (including phenoxy) is 1. The molecule has 1 amide bonds. The summed E-state index contributed by atoms with van der Waals surface area (Å²) in [5.74, 6) is 0.735. The van der Waals surface area contributed by atoms with Crippen LogP contribution in [0, 0.1) is 13.8 Å². The minimum atomic E-state index is -0.482. The Hall–Kier alpha value is -2.33. The van der Waals surface area contributed by atoms with Crippen molar-refractivity contribution >= 4 is 5.91 Å². The fourth-order valence-electron chi connectivity index (χ4n) is 3.87. The summed E-state index contributed by atoms with van der Waals surface area (Å²) in [5.41, 5.74) is 4.75. The van der Waals surface area contributed by atoms with Crippen LogP contribution in [0.4, 0.5) is 0 Å². The molecule has 0 spiro atoms. The quantitative estimate of drug-likeness (QED) is 0.702. The van der Waals surface area contributed by atoms with Gasteiger partial charge in [0.25, 0.3) is 5.91 Å². The van der Waals surface area contributed by atoms with Crippen molar-refractivity contribution in [2.24, 2.45) is 0 Å². The largest absolute Gasteiger partial charge is 0.480 e. The monoisotopic (exact) mass is 394 g/mol. The zero-order valence-electron chi connectivity index (χ0n) is 18.0. The minimum Gasteiger partial charge on any atom is -0.480 e. The van der Waals surface area contributed by atoms with Crippen LogP contribution in [0.1, 0.15) is 54.9 Å². The van der Waals surface area contributed by atoms with Crippen LogP contribution in [-0.4, -0.2) is 30.0 Å². The molecule has 29 heavy (non-hydrogen) atoms. The SMILES string of the molecule is CC[C@H](Oc1cccc(C)c1C)C(=O)NCc1ccccc1CN1CCCCC1. The number of aryl methyl sites for hydroxylation is 1. The first-order valence-corrected chi connectivity index (χ1v) is 10.9. The van der Waals surface area contributed by atoms with E-state index in [1.807, 2.05) is 32.0 Å². The second-order valence-electron chi connectivity index (χ2n) is 8.04. The summed E-state index contributed by atoms with van der Waals surface area (Å²) in [5, 5.41) is 3.10. The van der Waals surface area contributed by atoms with Crippen molar-refractivity contribution in [1.29, 1.82) is 0 Å². The third kappa shape index (κ3) is 5.83. The summed E-state index contributed by atoms with van der Waals surface area (Å²) in [6.45, 7) is 9.91. The van der Waals surface area contributed by atoms with Crippen molar-refractivity contribution in [3.8, 4) is 5.75 Å². The standard InChI is InChI=1S/C25H34N2O2/c1-4-23(29-24-14-10-11-19(2)20(24)3)25(28)26-17-21-12-6-7-13-22(21)18-27-15-8-5-9-16-27/h6-7,10-14,23H,4-5,8-9,15-18H2,1-3H3,(H,26,28)/t23-/m0/s1. The molecule has 1 aliphatic heterocycles. The molecule has 4 heteroatoms. The second kappa shape index (κ2) is 10.4. The molecule has 1 saturated heterocycles. The summed E-state index contributed by atoms with van der Waals surface area (Å²) in [6.07, 6.45) is 4.06. The predicted molar refractivity (Wildman–Crippen MR) is 118 cm³/mol. The van der Waals surface area contributed by atoms with Gasteiger partial charge in [-0.2, -0.15) is 0 Å². The van der Waals surface area contributed by atoms with E-state index in [2.05, 4.69) is 41.4 Å². The zero-order chi connectivity index (χ0) is 20.6. The number of carbonyl (C=O) groups excluding carboxylic acids is 1. The van der Waals surface area contributed by atoms with Gasteiger partial charge in [0.2, 0.25) is 0 Å². The molecule has 1 N–H and O–H groups in total. The van der Waals surface area contributed by atoms with Crippen LogP contribution in [0.15, 0.2) is 42.5 Å². The molecular weight excluding hydrogens is 360 g/mol. The number of carbonyl (C=O) groups is 1. The Labute approximate surface area is 175 Å². The Morgan fingerprint density at radius 3 is 2.48 bits per heavy atom. The molecule has 4 nitrogen and oxygen atoms in total. The molecule has 0 radical (unpaired) electrons. The van der Waals surface area contributed by atoms with Crippen molar-refractivity contribution in [2.45, 2.75) is 65.6 Å². The highest BCUT2D eigenvalue weighted by Crippen LogP contribution is 2.22. The van der Waals surface area contributed by atoms with Gasteiger partial charge in [0.1, 0.15) is 5.75 Å². The highest BCUT2D eigenvalue weighted by molar-refractivity contribution is 5.81. The molecular formula is C25H34N2O2. The van der Waals surface area contributed by atoms with Crippen LogP contribution in [-0.2, 0) is 17.9 Å². The lowest BCUT2D eigenvalue weighted by atomic mass is 10.0. The Morgan fingerprint density at radius 1 is 1.03 bits per heavy atom. The molecule has 1 fully saturated rings. The molecule has 3 rings (SSSR count). The maximum Gasteiger partial charge on any atom is 0.261 e. The molecule has 156 valence electrons. The van der Waals surface area contributed by atoms with Crippen molar-refractivity contribution < 1.29 is 9.53 Å². The number of rotatable bonds is 8. The van der Waals surface area contributed by atoms with Gasteiger partial charge in [-0.1, -0.05) is 49.7 Å². The van der Waals surface area contributed by atoms with E-state index >= 15 is 0 Å². The van der Waals surface area contributed by atoms with Crippen molar-refractivity contribution in [3.05, 3.63) is 64.7 Å². The average molecular weight is 395 g/mol. The number of hydrogen-bond acceptors (Lipinski definition) is 3.